The van der Waals surface area contributed by atoms with Crippen LogP contribution in [0.4, 0.5) is 17.1 Å². The van der Waals surface area contributed by atoms with Crippen LogP contribution in [-0.4, -0.2) is 13.4 Å². The maximum absolute atomic E-state index is 16.8. The number of fused-ring (bicyclic) bond motifs is 16. The van der Waals surface area contributed by atoms with Gasteiger partial charge in [-0.2, -0.15) is 0 Å². The molecule has 0 saturated heterocycles. The van der Waals surface area contributed by atoms with Gasteiger partial charge >= 0.3 is 0 Å². The van der Waals surface area contributed by atoms with Gasteiger partial charge in [-0.15, -0.1) is 0 Å². The van der Waals surface area contributed by atoms with Gasteiger partial charge in [0.15, 0.2) is 18.6 Å². The number of hydrogen-bond acceptors (Lipinski definition) is 3. The highest BCUT2D eigenvalue weighted by Gasteiger charge is 2.54. The Bertz CT molecular complexity index is 3720. The van der Waals surface area contributed by atoms with Crippen LogP contribution in [0.5, 0.6) is 11.5 Å². The van der Waals surface area contributed by atoms with Crippen LogP contribution in [0.2, 0.25) is 0 Å². The zero-order valence-electron chi connectivity index (χ0n) is 36.3. The molecular formula is C61H38B2NO2P. The summed E-state index contributed by atoms with van der Waals surface area (Å²) in [4.78, 5) is 2.29. The number of ether oxygens (including phenoxy) is 1. The van der Waals surface area contributed by atoms with Crippen molar-refractivity contribution in [1.29, 1.82) is 0 Å². The van der Waals surface area contributed by atoms with E-state index in [4.69, 9.17) is 4.74 Å². The van der Waals surface area contributed by atoms with Crippen molar-refractivity contribution >= 4 is 86.3 Å². The third-order valence-corrected chi connectivity index (χ3v) is 18.8. The van der Waals surface area contributed by atoms with Gasteiger partial charge in [0.2, 0.25) is 13.4 Å². The van der Waals surface area contributed by atoms with Crippen LogP contribution in [0.1, 0.15) is 22.3 Å². The normalized spacial score (nSPS) is 16.6. The quantitative estimate of drug-likeness (QED) is 0.131. The third kappa shape index (κ3) is 4.77. The van der Waals surface area contributed by atoms with Gasteiger partial charge in [0.25, 0.3) is 0 Å². The first-order valence-electron chi connectivity index (χ1n) is 23.3. The fourth-order valence-electron chi connectivity index (χ4n) is 13.0. The van der Waals surface area contributed by atoms with Crippen molar-refractivity contribution in [3.63, 3.8) is 0 Å². The third-order valence-electron chi connectivity index (χ3n) is 15.5. The molecule has 1 atom stereocenters. The molecule has 310 valence electrons. The van der Waals surface area contributed by atoms with Gasteiger partial charge in [0.1, 0.15) is 0 Å². The van der Waals surface area contributed by atoms with Crippen LogP contribution in [0.3, 0.4) is 0 Å². The maximum Gasteiger partial charge on any atom is 0.243 e. The summed E-state index contributed by atoms with van der Waals surface area (Å²) in [5.74, 6) is 1.66. The lowest BCUT2D eigenvalue weighted by Crippen LogP contribution is -2.74. The predicted octanol–water partition coefficient (Wildman–Crippen LogP) is 8.90. The number of para-hydroxylation sites is 4. The molecule has 0 radical (unpaired) electrons. The highest BCUT2D eigenvalue weighted by Crippen LogP contribution is 2.62. The first-order chi connectivity index (χ1) is 33.1. The minimum Gasteiger partial charge on any atom is -0.453 e. The van der Waals surface area contributed by atoms with Gasteiger partial charge in [-0.1, -0.05) is 227 Å². The van der Waals surface area contributed by atoms with E-state index < -0.39 is 12.6 Å². The lowest BCUT2D eigenvalue weighted by atomic mass is 9.33. The van der Waals surface area contributed by atoms with Crippen LogP contribution in [-0.2, 0) is 9.98 Å². The van der Waals surface area contributed by atoms with Crippen LogP contribution in [0, 0.1) is 0 Å². The molecule has 67 heavy (non-hydrogen) atoms. The summed E-state index contributed by atoms with van der Waals surface area (Å²) in [6.07, 6.45) is 0. The Labute approximate surface area is 390 Å². The molecule has 0 bridgehead atoms. The molecule has 3 nitrogen and oxygen atoms in total. The van der Waals surface area contributed by atoms with Crippen molar-refractivity contribution in [3.8, 4) is 33.8 Å². The maximum atomic E-state index is 16.8. The molecule has 0 amide bonds. The lowest BCUT2D eigenvalue weighted by Gasteiger charge is -2.41. The Morgan fingerprint density at radius 2 is 0.821 bits per heavy atom. The Kier molecular flexibility index (Phi) is 7.59. The van der Waals surface area contributed by atoms with E-state index in [1.54, 1.807) is 0 Å². The van der Waals surface area contributed by atoms with Crippen LogP contribution < -0.4 is 58.3 Å². The van der Waals surface area contributed by atoms with E-state index in [-0.39, 0.29) is 13.4 Å². The topological polar surface area (TPSA) is 29.5 Å². The van der Waals surface area contributed by atoms with Crippen LogP contribution >= 0.6 is 7.14 Å². The molecule has 5 aliphatic rings. The SMILES string of the molecule is O=P12c3ccccc3B(c3ccc(N4c5ccccc5Oc5ccccc54)cc3)c3cccc(c31)B(c1ccc3c(c1)C1(c4ccccc4-c4ccccc41)c1ccccc1-3)c1ccccc12. The first kappa shape index (κ1) is 37.4. The predicted molar refractivity (Wildman–Crippen MR) is 279 cm³/mol. The lowest BCUT2D eigenvalue weighted by molar-refractivity contribution is 0.477. The Morgan fingerprint density at radius 1 is 0.388 bits per heavy atom. The van der Waals surface area contributed by atoms with E-state index in [2.05, 4.69) is 211 Å². The van der Waals surface area contributed by atoms with Crippen molar-refractivity contribution in [3.05, 3.63) is 253 Å². The minimum absolute atomic E-state index is 0.123. The summed E-state index contributed by atoms with van der Waals surface area (Å²) in [6.45, 7) is -0.261. The van der Waals surface area contributed by atoms with E-state index in [0.717, 1.165) is 71.8 Å². The van der Waals surface area contributed by atoms with E-state index >= 15 is 4.57 Å². The summed E-state index contributed by atoms with van der Waals surface area (Å²) in [5.41, 5.74) is 19.9. The standard InChI is InChI=1S/C61H38B2NO2P/c65-67-58-30-13-7-22-50(58)62(39-32-35-41(36-33-39)64-54-26-9-11-28-56(54)66-57-29-12-10-27-55(57)64)52-24-15-25-53(60(52)67)63(51-23-8-14-31-59(51)67)40-34-37-45-44-18-3-6-21-48(44)61(49(45)38-40)46-19-4-1-16-42(46)43-17-2-5-20-47(43)61/h1-38H. The highest BCUT2D eigenvalue weighted by atomic mass is 31.2. The second-order valence-electron chi connectivity index (χ2n) is 18.5. The minimum atomic E-state index is -3.34. The van der Waals surface area contributed by atoms with Gasteiger partial charge < -0.3 is 14.2 Å². The molecule has 3 aliphatic heterocycles. The number of hydrogen-bond donors (Lipinski definition) is 0. The van der Waals surface area contributed by atoms with Gasteiger partial charge in [-0.3, -0.25) is 0 Å². The molecule has 1 unspecified atom stereocenters. The zero-order chi connectivity index (χ0) is 44.0. The number of benzene rings is 10. The van der Waals surface area contributed by atoms with Crippen molar-refractivity contribution in [1.82, 2.24) is 0 Å². The van der Waals surface area contributed by atoms with Gasteiger partial charge in [0.05, 0.1) is 16.8 Å². The molecule has 0 aromatic heterocycles. The number of rotatable bonds is 3. The molecule has 0 fully saturated rings. The van der Waals surface area contributed by atoms with Crippen molar-refractivity contribution in [2.24, 2.45) is 0 Å². The number of anilines is 3. The molecule has 10 aromatic rings. The molecule has 10 aromatic carbocycles. The first-order valence-corrected chi connectivity index (χ1v) is 25.0. The van der Waals surface area contributed by atoms with E-state index in [1.165, 1.54) is 50.0 Å². The Balaban J connectivity index is 0.931. The Morgan fingerprint density at radius 3 is 1.39 bits per heavy atom. The Hall–Kier alpha value is -7.84. The van der Waals surface area contributed by atoms with Crippen LogP contribution in [0.25, 0.3) is 22.3 Å². The average molecular weight is 870 g/mol. The van der Waals surface area contributed by atoms with Gasteiger partial charge in [-0.05, 0) is 80.9 Å². The molecular weight excluding hydrogens is 831 g/mol. The molecule has 2 aliphatic carbocycles. The largest absolute Gasteiger partial charge is 0.453 e. The van der Waals surface area contributed by atoms with Gasteiger partial charge in [-0.25, -0.2) is 0 Å². The van der Waals surface area contributed by atoms with E-state index in [0.29, 0.717) is 0 Å². The second-order valence-corrected chi connectivity index (χ2v) is 21.2. The molecule has 1 spiro atoms. The summed E-state index contributed by atoms with van der Waals surface area (Å²) >= 11 is 0. The van der Waals surface area contributed by atoms with Crippen molar-refractivity contribution in [2.75, 3.05) is 4.90 Å². The van der Waals surface area contributed by atoms with Crippen LogP contribution in [0.15, 0.2) is 231 Å². The second kappa shape index (κ2) is 13.6. The van der Waals surface area contributed by atoms with Crippen molar-refractivity contribution in [2.45, 2.75) is 5.41 Å². The fourth-order valence-corrected chi connectivity index (χ4v) is 16.6. The van der Waals surface area contributed by atoms with E-state index in [1.807, 2.05) is 24.3 Å². The molecule has 0 N–H and O–H groups in total. The molecule has 0 saturated carbocycles. The fraction of sp³-hybridized carbons (Fsp3) is 0.0164. The highest BCUT2D eigenvalue weighted by molar-refractivity contribution is 7.88. The summed E-state index contributed by atoms with van der Waals surface area (Å²) in [5, 5.41) is 2.88. The summed E-state index contributed by atoms with van der Waals surface area (Å²) in [6, 6.07) is 83.6. The van der Waals surface area contributed by atoms with E-state index in [9.17, 15) is 0 Å². The van der Waals surface area contributed by atoms with Gasteiger partial charge in [0, 0.05) is 21.6 Å². The monoisotopic (exact) mass is 869 g/mol. The number of nitrogens with zero attached hydrogens (tertiary/aromatic N) is 1. The van der Waals surface area contributed by atoms with Crippen molar-refractivity contribution < 1.29 is 9.30 Å². The average Bonchev–Trinajstić information content (AvgIpc) is 3.85. The summed E-state index contributed by atoms with van der Waals surface area (Å²) in [7, 11) is -3.34. The zero-order valence-corrected chi connectivity index (χ0v) is 37.2. The molecule has 3 heterocycles. The molecule has 6 heteroatoms. The molecule has 15 rings (SSSR count). The smallest absolute Gasteiger partial charge is 0.243 e. The summed E-state index contributed by atoms with van der Waals surface area (Å²) < 4.78 is 23.1.